The zero-order chi connectivity index (χ0) is 11.7. The van der Waals surface area contributed by atoms with Crippen LogP contribution in [0.3, 0.4) is 0 Å². The van der Waals surface area contributed by atoms with E-state index in [1.165, 1.54) is 0 Å². The Morgan fingerprint density at radius 1 is 1.12 bits per heavy atom. The quantitative estimate of drug-likeness (QED) is 0.804. The molecule has 1 aromatic carbocycles. The molecule has 5 nitrogen and oxygen atoms in total. The largest absolute Gasteiger partial charge is 0.476 e. The molecule has 5 heteroatoms. The van der Waals surface area contributed by atoms with Crippen LogP contribution in [0.4, 0.5) is 11.4 Å². The van der Waals surface area contributed by atoms with Gasteiger partial charge in [-0.3, -0.25) is 10.4 Å². The van der Waals surface area contributed by atoms with E-state index in [0.29, 0.717) is 23.7 Å². The number of hydrogen-bond donors (Lipinski definition) is 2. The molecule has 0 aliphatic carbocycles. The highest BCUT2D eigenvalue weighted by Crippen LogP contribution is 2.37. The van der Waals surface area contributed by atoms with Crippen molar-refractivity contribution in [3.63, 3.8) is 0 Å². The molecule has 1 aliphatic rings. The van der Waals surface area contributed by atoms with Gasteiger partial charge in [-0.25, -0.2) is 5.06 Å². The Balaban J connectivity index is 2.49. The molecule has 0 unspecified atom stereocenters. The highest BCUT2D eigenvalue weighted by Gasteiger charge is 2.28. The number of hydrogen-bond acceptors (Lipinski definition) is 5. The molecule has 0 fully saturated rings. The van der Waals surface area contributed by atoms with Gasteiger partial charge < -0.3 is 4.74 Å². The van der Waals surface area contributed by atoms with E-state index in [0.717, 1.165) is 10.1 Å². The van der Waals surface area contributed by atoms with Crippen LogP contribution >= 0.6 is 0 Å². The molecule has 0 saturated heterocycles. The van der Waals surface area contributed by atoms with Crippen LogP contribution < -0.4 is 10.1 Å². The SMILES string of the molecule is CCOC1=C(C)N(O)c2ccccc2N1O. The summed E-state index contributed by atoms with van der Waals surface area (Å²) in [6.07, 6.45) is 0. The van der Waals surface area contributed by atoms with Gasteiger partial charge in [0.1, 0.15) is 5.70 Å². The van der Waals surface area contributed by atoms with Crippen LogP contribution in [0, 0.1) is 0 Å². The van der Waals surface area contributed by atoms with Gasteiger partial charge in [-0.15, -0.1) is 0 Å². The molecule has 86 valence electrons. The Bertz CT molecular complexity index is 431. The molecule has 0 aromatic heterocycles. The second-order valence-electron chi connectivity index (χ2n) is 3.44. The number of fused-ring (bicyclic) bond motifs is 1. The van der Waals surface area contributed by atoms with Crippen LogP contribution in [0.2, 0.25) is 0 Å². The molecule has 0 radical (unpaired) electrons. The van der Waals surface area contributed by atoms with Gasteiger partial charge in [0.05, 0.1) is 18.0 Å². The second kappa shape index (κ2) is 4.03. The molecule has 2 N–H and O–H groups in total. The summed E-state index contributed by atoms with van der Waals surface area (Å²) < 4.78 is 5.29. The van der Waals surface area contributed by atoms with Gasteiger partial charge in [-0.05, 0) is 26.0 Å². The minimum absolute atomic E-state index is 0.240. The third kappa shape index (κ3) is 1.50. The summed E-state index contributed by atoms with van der Waals surface area (Å²) in [5.74, 6) is 0.240. The van der Waals surface area contributed by atoms with Gasteiger partial charge in [-0.2, -0.15) is 5.06 Å². The summed E-state index contributed by atoms with van der Waals surface area (Å²) in [5.41, 5.74) is 1.45. The zero-order valence-corrected chi connectivity index (χ0v) is 9.21. The molecular formula is C11H14N2O3. The van der Waals surface area contributed by atoms with Crippen molar-refractivity contribution in [1.29, 1.82) is 0 Å². The number of rotatable bonds is 2. The number of nitrogens with zero attached hydrogens (tertiary/aromatic N) is 2. The molecule has 0 saturated carbocycles. The minimum Gasteiger partial charge on any atom is -0.476 e. The predicted octanol–water partition coefficient (Wildman–Crippen LogP) is 2.32. The molecule has 0 amide bonds. The average molecular weight is 222 g/mol. The normalized spacial score (nSPS) is 15.2. The summed E-state index contributed by atoms with van der Waals surface area (Å²) >= 11 is 0. The average Bonchev–Trinajstić information content (AvgIpc) is 2.32. The highest BCUT2D eigenvalue weighted by atomic mass is 16.6. The lowest BCUT2D eigenvalue weighted by Crippen LogP contribution is -2.33. The van der Waals surface area contributed by atoms with Crippen molar-refractivity contribution in [1.82, 2.24) is 0 Å². The third-order valence-electron chi connectivity index (χ3n) is 2.44. The summed E-state index contributed by atoms with van der Waals surface area (Å²) in [6, 6.07) is 6.98. The van der Waals surface area contributed by atoms with Crippen molar-refractivity contribution >= 4 is 11.4 Å². The summed E-state index contributed by atoms with van der Waals surface area (Å²) in [6.45, 7) is 3.90. The number of allylic oxidation sites excluding steroid dienone is 1. The maximum atomic E-state index is 9.95. The van der Waals surface area contributed by atoms with Crippen LogP contribution in [-0.2, 0) is 4.74 Å². The maximum absolute atomic E-state index is 9.95. The molecule has 1 heterocycles. The van der Waals surface area contributed by atoms with Gasteiger partial charge in [0.2, 0.25) is 5.88 Å². The van der Waals surface area contributed by atoms with E-state index < -0.39 is 0 Å². The van der Waals surface area contributed by atoms with E-state index >= 15 is 0 Å². The van der Waals surface area contributed by atoms with E-state index in [2.05, 4.69) is 0 Å². The lowest BCUT2D eigenvalue weighted by atomic mass is 10.2. The van der Waals surface area contributed by atoms with Crippen LogP contribution in [0.5, 0.6) is 0 Å². The van der Waals surface area contributed by atoms with Crippen molar-refractivity contribution in [2.75, 3.05) is 16.7 Å². The first-order valence-electron chi connectivity index (χ1n) is 5.07. The standard InChI is InChI=1S/C11H14N2O3/c1-3-16-11-8(2)12(14)9-6-4-5-7-10(9)13(11)15/h4-7,14-15H,3H2,1-2H3. The third-order valence-corrected chi connectivity index (χ3v) is 2.44. The molecule has 2 rings (SSSR count). The van der Waals surface area contributed by atoms with Gasteiger partial charge in [0.15, 0.2) is 0 Å². The smallest absolute Gasteiger partial charge is 0.241 e. The van der Waals surface area contributed by atoms with Crippen LogP contribution in [0.15, 0.2) is 35.8 Å². The zero-order valence-electron chi connectivity index (χ0n) is 9.21. The van der Waals surface area contributed by atoms with E-state index in [1.54, 1.807) is 31.2 Å². The van der Waals surface area contributed by atoms with Crippen molar-refractivity contribution < 1.29 is 15.2 Å². The molecule has 0 atom stereocenters. The first-order valence-corrected chi connectivity index (χ1v) is 5.07. The number of benzene rings is 1. The Kier molecular flexibility index (Phi) is 2.72. The molecule has 16 heavy (non-hydrogen) atoms. The molecular weight excluding hydrogens is 208 g/mol. The Hall–Kier alpha value is -1.72. The lowest BCUT2D eigenvalue weighted by Gasteiger charge is -2.33. The predicted molar refractivity (Wildman–Crippen MR) is 59.3 cm³/mol. The van der Waals surface area contributed by atoms with Crippen molar-refractivity contribution in [3.05, 3.63) is 35.8 Å². The fourth-order valence-electron chi connectivity index (χ4n) is 1.66. The first kappa shape index (κ1) is 10.8. The monoisotopic (exact) mass is 222 g/mol. The van der Waals surface area contributed by atoms with E-state index in [9.17, 15) is 10.4 Å². The molecule has 0 bridgehead atoms. The first-order chi connectivity index (χ1) is 7.66. The number of anilines is 2. The Morgan fingerprint density at radius 2 is 1.69 bits per heavy atom. The highest BCUT2D eigenvalue weighted by molar-refractivity contribution is 5.75. The molecule has 1 aliphatic heterocycles. The minimum atomic E-state index is 0.240. The van der Waals surface area contributed by atoms with E-state index in [-0.39, 0.29) is 5.88 Å². The van der Waals surface area contributed by atoms with Crippen molar-refractivity contribution in [2.24, 2.45) is 0 Å². The molecule has 1 aromatic rings. The van der Waals surface area contributed by atoms with Crippen molar-refractivity contribution in [2.45, 2.75) is 13.8 Å². The Morgan fingerprint density at radius 3 is 2.25 bits per heavy atom. The van der Waals surface area contributed by atoms with Gasteiger partial charge in [0.25, 0.3) is 0 Å². The van der Waals surface area contributed by atoms with Crippen LogP contribution in [-0.4, -0.2) is 17.0 Å². The van der Waals surface area contributed by atoms with Crippen LogP contribution in [0.1, 0.15) is 13.8 Å². The van der Waals surface area contributed by atoms with Crippen LogP contribution in [0.25, 0.3) is 0 Å². The van der Waals surface area contributed by atoms with Gasteiger partial charge >= 0.3 is 0 Å². The number of ether oxygens (including phenoxy) is 1. The molecule has 0 spiro atoms. The van der Waals surface area contributed by atoms with E-state index in [4.69, 9.17) is 4.74 Å². The number of para-hydroxylation sites is 2. The topological polar surface area (TPSA) is 56.2 Å². The fourth-order valence-corrected chi connectivity index (χ4v) is 1.66. The van der Waals surface area contributed by atoms with Gasteiger partial charge in [0, 0.05) is 0 Å². The van der Waals surface area contributed by atoms with Crippen molar-refractivity contribution in [3.8, 4) is 0 Å². The van der Waals surface area contributed by atoms with Gasteiger partial charge in [-0.1, -0.05) is 12.1 Å². The number of hydroxylamine groups is 2. The lowest BCUT2D eigenvalue weighted by molar-refractivity contribution is 0.134. The maximum Gasteiger partial charge on any atom is 0.241 e. The summed E-state index contributed by atoms with van der Waals surface area (Å²) in [4.78, 5) is 0. The van der Waals surface area contributed by atoms with E-state index in [1.807, 2.05) is 6.92 Å². The second-order valence-corrected chi connectivity index (χ2v) is 3.44. The summed E-state index contributed by atoms with van der Waals surface area (Å²) in [7, 11) is 0. The fraction of sp³-hybridized carbons (Fsp3) is 0.273. The summed E-state index contributed by atoms with van der Waals surface area (Å²) in [5, 5.41) is 21.8. The Labute approximate surface area is 93.7 Å².